The van der Waals surface area contributed by atoms with Crippen LogP contribution < -0.4 is 4.74 Å². The first-order valence-corrected chi connectivity index (χ1v) is 10.3. The molecule has 9 heteroatoms. The molecule has 0 aliphatic carbocycles. The maximum atomic E-state index is 13.0. The molecule has 8 nitrogen and oxygen atoms in total. The van der Waals surface area contributed by atoms with Crippen LogP contribution >= 0.6 is 0 Å². The van der Waals surface area contributed by atoms with E-state index in [0.29, 0.717) is 47.4 Å². The molecule has 3 heterocycles. The first kappa shape index (κ1) is 19.3. The lowest BCUT2D eigenvalue weighted by atomic mass is 9.99. The zero-order valence-corrected chi connectivity index (χ0v) is 16.5. The van der Waals surface area contributed by atoms with Crippen molar-refractivity contribution in [2.45, 2.75) is 31.6 Å². The fourth-order valence-electron chi connectivity index (χ4n) is 3.33. The van der Waals surface area contributed by atoms with E-state index in [4.69, 9.17) is 10.00 Å². The highest BCUT2D eigenvalue weighted by Crippen LogP contribution is 2.27. The van der Waals surface area contributed by atoms with Crippen LogP contribution in [0.1, 0.15) is 29.8 Å². The third-order valence-corrected chi connectivity index (χ3v) is 7.10. The lowest BCUT2D eigenvalue weighted by Gasteiger charge is -2.31. The van der Waals surface area contributed by atoms with Gasteiger partial charge in [0.25, 0.3) is 0 Å². The van der Waals surface area contributed by atoms with Gasteiger partial charge in [-0.1, -0.05) is 0 Å². The summed E-state index contributed by atoms with van der Waals surface area (Å²) < 4.78 is 34.8. The molecule has 0 saturated carbocycles. The van der Waals surface area contributed by atoms with Gasteiger partial charge in [-0.3, -0.25) is 4.68 Å². The van der Waals surface area contributed by atoms with Crippen LogP contribution in [-0.4, -0.2) is 47.2 Å². The number of aryl methyl sites for hydroxylation is 2. The second-order valence-corrected chi connectivity index (χ2v) is 8.65. The monoisotopic (exact) mass is 389 g/mol. The number of aromatic nitrogens is 3. The molecule has 0 bridgehead atoms. The van der Waals surface area contributed by atoms with Crippen LogP contribution in [0.4, 0.5) is 0 Å². The molecule has 1 fully saturated rings. The molecule has 1 saturated heterocycles. The first-order chi connectivity index (χ1) is 12.8. The molecule has 0 radical (unpaired) electrons. The van der Waals surface area contributed by atoms with E-state index in [-0.39, 0.29) is 5.92 Å². The van der Waals surface area contributed by atoms with E-state index < -0.39 is 10.0 Å². The summed E-state index contributed by atoms with van der Waals surface area (Å²) in [5.41, 5.74) is 1.69. The third-order valence-electron chi connectivity index (χ3n) is 4.94. The molecular weight excluding hydrogens is 366 g/mol. The third kappa shape index (κ3) is 3.96. The number of rotatable bonds is 5. The number of piperidine rings is 1. The van der Waals surface area contributed by atoms with Crippen molar-refractivity contribution in [2.24, 2.45) is 13.0 Å². The molecule has 0 spiro atoms. The van der Waals surface area contributed by atoms with Gasteiger partial charge in [0.2, 0.25) is 15.9 Å². The summed E-state index contributed by atoms with van der Waals surface area (Å²) in [4.78, 5) is 4.42. The van der Waals surface area contributed by atoms with E-state index in [1.165, 1.54) is 4.31 Å². The molecule has 1 aliphatic rings. The van der Waals surface area contributed by atoms with Crippen molar-refractivity contribution in [1.29, 1.82) is 5.26 Å². The van der Waals surface area contributed by atoms with Crippen LogP contribution in [0.5, 0.6) is 5.88 Å². The van der Waals surface area contributed by atoms with Crippen molar-refractivity contribution in [1.82, 2.24) is 19.1 Å². The second-order valence-electron chi connectivity index (χ2n) is 6.78. The Balaban J connectivity index is 1.61. The van der Waals surface area contributed by atoms with E-state index in [1.807, 2.05) is 0 Å². The van der Waals surface area contributed by atoms with Gasteiger partial charge < -0.3 is 4.74 Å². The fraction of sp³-hybridized carbons (Fsp3) is 0.500. The normalized spacial score (nSPS) is 16.2. The van der Waals surface area contributed by atoms with Crippen LogP contribution in [0.25, 0.3) is 0 Å². The Bertz CT molecular complexity index is 969. The Hall–Kier alpha value is -2.44. The molecule has 0 aromatic carbocycles. The lowest BCUT2D eigenvalue weighted by molar-refractivity contribution is 0.181. The first-order valence-electron chi connectivity index (χ1n) is 8.82. The quantitative estimate of drug-likeness (QED) is 0.773. The maximum absolute atomic E-state index is 13.0. The van der Waals surface area contributed by atoms with Crippen LogP contribution in [0, 0.1) is 31.1 Å². The minimum atomic E-state index is -3.54. The predicted molar refractivity (Wildman–Crippen MR) is 98.6 cm³/mol. The minimum Gasteiger partial charge on any atom is -0.477 e. The number of nitrogens with zero attached hydrogens (tertiary/aromatic N) is 5. The van der Waals surface area contributed by atoms with Crippen LogP contribution in [-0.2, 0) is 17.1 Å². The van der Waals surface area contributed by atoms with E-state index in [2.05, 4.69) is 16.2 Å². The summed E-state index contributed by atoms with van der Waals surface area (Å²) in [6, 6.07) is 5.28. The highest BCUT2D eigenvalue weighted by molar-refractivity contribution is 7.89. The highest BCUT2D eigenvalue weighted by Gasteiger charge is 2.33. The minimum absolute atomic E-state index is 0.250. The zero-order chi connectivity index (χ0) is 19.6. The molecule has 2 aromatic rings. The number of sulfonamides is 1. The molecule has 1 aliphatic heterocycles. The van der Waals surface area contributed by atoms with Crippen molar-refractivity contribution in [3.8, 4) is 11.9 Å². The van der Waals surface area contributed by atoms with Crippen molar-refractivity contribution < 1.29 is 13.2 Å². The average molecular weight is 389 g/mol. The van der Waals surface area contributed by atoms with E-state index >= 15 is 0 Å². The van der Waals surface area contributed by atoms with E-state index in [1.54, 1.807) is 43.9 Å². The van der Waals surface area contributed by atoms with Crippen molar-refractivity contribution >= 4 is 10.0 Å². The van der Waals surface area contributed by atoms with Gasteiger partial charge in [-0.15, -0.1) is 0 Å². The Kier molecular flexibility index (Phi) is 5.48. The summed E-state index contributed by atoms with van der Waals surface area (Å²) in [6.45, 7) is 4.87. The van der Waals surface area contributed by atoms with Crippen LogP contribution in [0.2, 0.25) is 0 Å². The summed E-state index contributed by atoms with van der Waals surface area (Å²) in [5, 5.41) is 13.1. The Morgan fingerprint density at radius 2 is 2.04 bits per heavy atom. The summed E-state index contributed by atoms with van der Waals surface area (Å²) in [6.07, 6.45) is 2.98. The molecule has 2 aromatic heterocycles. The van der Waals surface area contributed by atoms with Gasteiger partial charge >= 0.3 is 0 Å². The fourth-order valence-corrected chi connectivity index (χ4v) is 5.20. The van der Waals surface area contributed by atoms with E-state index in [9.17, 15) is 8.42 Å². The predicted octanol–water partition coefficient (Wildman–Crippen LogP) is 1.78. The summed E-state index contributed by atoms with van der Waals surface area (Å²) in [5.74, 6) is 0.672. The lowest BCUT2D eigenvalue weighted by Crippen LogP contribution is -2.40. The highest BCUT2D eigenvalue weighted by atomic mass is 32.2. The largest absolute Gasteiger partial charge is 0.477 e. The molecule has 0 unspecified atom stereocenters. The van der Waals surface area contributed by atoms with Gasteiger partial charge in [0.1, 0.15) is 4.90 Å². The van der Waals surface area contributed by atoms with Crippen molar-refractivity contribution in [3.05, 3.63) is 35.3 Å². The van der Waals surface area contributed by atoms with Gasteiger partial charge in [0.15, 0.2) is 0 Å². The molecule has 3 rings (SSSR count). The number of pyridine rings is 1. The standard InChI is InChI=1S/C18H23N5O3S/c1-13-18(14(2)22(3)21-13)27(24,25)23-8-5-15(6-9-23)12-26-17-10-16(11-19)4-7-20-17/h4,7,10,15H,5-6,8-9,12H2,1-3H3. The van der Waals surface area contributed by atoms with Crippen molar-refractivity contribution in [3.63, 3.8) is 0 Å². The topological polar surface area (TPSA) is 101 Å². The number of hydrogen-bond donors (Lipinski definition) is 0. The molecule has 0 amide bonds. The Morgan fingerprint density at radius 3 is 2.63 bits per heavy atom. The molecule has 27 heavy (non-hydrogen) atoms. The van der Waals surface area contributed by atoms with Crippen LogP contribution in [0.15, 0.2) is 23.2 Å². The molecule has 144 valence electrons. The maximum Gasteiger partial charge on any atom is 0.246 e. The van der Waals surface area contributed by atoms with Gasteiger partial charge in [-0.25, -0.2) is 13.4 Å². The Morgan fingerprint density at radius 1 is 1.33 bits per heavy atom. The van der Waals surface area contributed by atoms with Gasteiger partial charge in [0, 0.05) is 32.4 Å². The van der Waals surface area contributed by atoms with Gasteiger partial charge in [-0.05, 0) is 38.7 Å². The molecule has 0 N–H and O–H groups in total. The smallest absolute Gasteiger partial charge is 0.246 e. The SMILES string of the molecule is Cc1nn(C)c(C)c1S(=O)(=O)N1CCC(COc2cc(C#N)ccn2)CC1. The summed E-state index contributed by atoms with van der Waals surface area (Å²) in [7, 11) is -1.79. The molecular formula is C18H23N5O3S. The summed E-state index contributed by atoms with van der Waals surface area (Å²) >= 11 is 0. The zero-order valence-electron chi connectivity index (χ0n) is 15.7. The van der Waals surface area contributed by atoms with Crippen molar-refractivity contribution in [2.75, 3.05) is 19.7 Å². The number of ether oxygens (including phenoxy) is 1. The number of hydrogen-bond acceptors (Lipinski definition) is 6. The second kappa shape index (κ2) is 7.66. The molecule has 0 atom stereocenters. The van der Waals surface area contributed by atoms with Gasteiger partial charge in [0.05, 0.1) is 29.6 Å². The van der Waals surface area contributed by atoms with Crippen LogP contribution in [0.3, 0.4) is 0 Å². The number of nitriles is 1. The average Bonchev–Trinajstić information content (AvgIpc) is 2.92. The Labute approximate surface area is 159 Å². The van der Waals surface area contributed by atoms with E-state index in [0.717, 1.165) is 12.8 Å². The van der Waals surface area contributed by atoms with Gasteiger partial charge in [-0.2, -0.15) is 14.7 Å².